The average Bonchev–Trinajstić information content (AvgIpc) is 2.73. The Balaban J connectivity index is 1.82. The monoisotopic (exact) mass is 223 g/mol. The zero-order valence-electron chi connectivity index (χ0n) is 8.93. The number of carbonyl (C=O) groups excluding carboxylic acids is 1. The molecule has 0 saturated carbocycles. The molecule has 5 heteroatoms. The molecule has 16 heavy (non-hydrogen) atoms. The molecule has 1 aliphatic rings. The van der Waals surface area contributed by atoms with Gasteiger partial charge in [0.25, 0.3) is 0 Å². The molecule has 1 atom stereocenters. The summed E-state index contributed by atoms with van der Waals surface area (Å²) in [6.07, 6.45) is -0.599. The van der Waals surface area contributed by atoms with E-state index in [2.05, 4.69) is 5.32 Å². The Morgan fingerprint density at radius 3 is 2.62 bits per heavy atom. The lowest BCUT2D eigenvalue weighted by Crippen LogP contribution is -2.21. The topological polar surface area (TPSA) is 56.8 Å². The lowest BCUT2D eigenvalue weighted by atomic mass is 10.3. The molecule has 0 spiro atoms. The summed E-state index contributed by atoms with van der Waals surface area (Å²) < 4.78 is 15.4. The zero-order chi connectivity index (χ0) is 11.4. The van der Waals surface area contributed by atoms with E-state index in [0.29, 0.717) is 13.2 Å². The van der Waals surface area contributed by atoms with Gasteiger partial charge in [-0.2, -0.15) is 0 Å². The smallest absolute Gasteiger partial charge is 0.407 e. The molecule has 0 aliphatic carbocycles. The van der Waals surface area contributed by atoms with Gasteiger partial charge in [-0.05, 0) is 24.3 Å². The Labute approximate surface area is 93.3 Å². The molecule has 1 aromatic rings. The lowest BCUT2D eigenvalue weighted by Gasteiger charge is -2.10. The fourth-order valence-corrected chi connectivity index (χ4v) is 1.39. The number of rotatable bonds is 4. The van der Waals surface area contributed by atoms with E-state index in [0.717, 1.165) is 11.5 Å². The molecule has 1 N–H and O–H groups in total. The van der Waals surface area contributed by atoms with Crippen LogP contribution in [0, 0.1) is 0 Å². The van der Waals surface area contributed by atoms with Gasteiger partial charge in [-0.3, -0.25) is 0 Å². The highest BCUT2D eigenvalue weighted by molar-refractivity contribution is 5.69. The van der Waals surface area contributed by atoms with Crippen LogP contribution >= 0.6 is 0 Å². The van der Waals surface area contributed by atoms with Crippen molar-refractivity contribution in [2.24, 2.45) is 0 Å². The molecule has 0 aromatic heterocycles. The summed E-state index contributed by atoms with van der Waals surface area (Å²) in [7, 11) is 1.61. The van der Waals surface area contributed by atoms with E-state index in [9.17, 15) is 4.79 Å². The first-order valence-electron chi connectivity index (χ1n) is 4.99. The second-order valence-electron chi connectivity index (χ2n) is 3.39. The van der Waals surface area contributed by atoms with Crippen LogP contribution in [0.3, 0.4) is 0 Å². The summed E-state index contributed by atoms with van der Waals surface area (Å²) in [5.41, 5.74) is 0. The van der Waals surface area contributed by atoms with Gasteiger partial charge in [-0.25, -0.2) is 4.79 Å². The predicted octanol–water partition coefficient (Wildman–Crippen LogP) is 1.18. The molecule has 2 rings (SSSR count). The summed E-state index contributed by atoms with van der Waals surface area (Å²) in [5.74, 6) is 1.50. The molecule has 1 saturated heterocycles. The number of nitrogens with one attached hydrogen (secondary N) is 1. The molecule has 86 valence electrons. The predicted molar refractivity (Wildman–Crippen MR) is 56.8 cm³/mol. The van der Waals surface area contributed by atoms with E-state index >= 15 is 0 Å². The van der Waals surface area contributed by atoms with Gasteiger partial charge in [0.05, 0.1) is 13.7 Å². The third-order valence-corrected chi connectivity index (χ3v) is 2.24. The van der Waals surface area contributed by atoms with Crippen LogP contribution in [0.4, 0.5) is 4.79 Å². The number of methoxy groups -OCH3 is 1. The lowest BCUT2D eigenvalue weighted by molar-refractivity contribution is 0.105. The Morgan fingerprint density at radius 2 is 2.06 bits per heavy atom. The SMILES string of the molecule is COc1ccc(OC[C@H]2CNC(=O)O2)cc1. The molecule has 0 unspecified atom stereocenters. The minimum atomic E-state index is -0.386. The third kappa shape index (κ3) is 2.56. The minimum absolute atomic E-state index is 0.213. The van der Waals surface area contributed by atoms with Gasteiger partial charge < -0.3 is 19.5 Å². The Kier molecular flexibility index (Phi) is 3.14. The van der Waals surface area contributed by atoms with Crippen molar-refractivity contribution < 1.29 is 19.0 Å². The number of cyclic esters (lactones) is 1. The highest BCUT2D eigenvalue weighted by Crippen LogP contribution is 2.17. The van der Waals surface area contributed by atoms with Crippen molar-refractivity contribution in [1.82, 2.24) is 5.32 Å². The van der Waals surface area contributed by atoms with E-state index in [-0.39, 0.29) is 12.2 Å². The van der Waals surface area contributed by atoms with Gasteiger partial charge >= 0.3 is 6.09 Å². The van der Waals surface area contributed by atoms with E-state index < -0.39 is 0 Å². The van der Waals surface area contributed by atoms with Gasteiger partial charge in [0, 0.05) is 0 Å². The summed E-state index contributed by atoms with van der Waals surface area (Å²) >= 11 is 0. The van der Waals surface area contributed by atoms with E-state index in [1.807, 2.05) is 24.3 Å². The van der Waals surface area contributed by atoms with E-state index in [4.69, 9.17) is 14.2 Å². The van der Waals surface area contributed by atoms with Gasteiger partial charge in [-0.15, -0.1) is 0 Å². The number of benzene rings is 1. The molecule has 1 heterocycles. The second kappa shape index (κ2) is 4.74. The van der Waals surface area contributed by atoms with Crippen molar-refractivity contribution in [1.29, 1.82) is 0 Å². The van der Waals surface area contributed by atoms with Gasteiger partial charge in [0.1, 0.15) is 18.1 Å². The standard InChI is InChI=1S/C11H13NO4/c1-14-8-2-4-9(5-3-8)15-7-10-6-12-11(13)16-10/h2-5,10H,6-7H2,1H3,(H,12,13)/t10-/m1/s1. The van der Waals surface area contributed by atoms with Crippen molar-refractivity contribution in [3.8, 4) is 11.5 Å². The molecule has 1 fully saturated rings. The maximum absolute atomic E-state index is 10.7. The first-order chi connectivity index (χ1) is 7.78. The second-order valence-corrected chi connectivity index (χ2v) is 3.39. The van der Waals surface area contributed by atoms with Crippen LogP contribution in [0.1, 0.15) is 0 Å². The Bertz CT molecular complexity index is 363. The fourth-order valence-electron chi connectivity index (χ4n) is 1.39. The minimum Gasteiger partial charge on any atom is -0.497 e. The summed E-state index contributed by atoms with van der Waals surface area (Å²) in [5, 5.41) is 2.56. The van der Waals surface area contributed by atoms with Crippen molar-refractivity contribution in [2.45, 2.75) is 6.10 Å². The number of hydrogen-bond donors (Lipinski definition) is 1. The van der Waals surface area contributed by atoms with Crippen molar-refractivity contribution in [3.63, 3.8) is 0 Å². The molecule has 1 amide bonds. The quantitative estimate of drug-likeness (QED) is 0.832. The molecular weight excluding hydrogens is 210 g/mol. The number of ether oxygens (including phenoxy) is 3. The average molecular weight is 223 g/mol. The normalized spacial score (nSPS) is 18.8. The van der Waals surface area contributed by atoms with E-state index in [1.165, 1.54) is 0 Å². The van der Waals surface area contributed by atoms with Crippen molar-refractivity contribution in [2.75, 3.05) is 20.3 Å². The number of hydrogen-bond acceptors (Lipinski definition) is 4. The van der Waals surface area contributed by atoms with Crippen LogP contribution in [-0.2, 0) is 4.74 Å². The Hall–Kier alpha value is -1.91. The summed E-state index contributed by atoms with van der Waals surface area (Å²) in [6, 6.07) is 7.24. The van der Waals surface area contributed by atoms with Crippen LogP contribution in [-0.4, -0.2) is 32.5 Å². The van der Waals surface area contributed by atoms with E-state index in [1.54, 1.807) is 7.11 Å². The number of carbonyl (C=O) groups is 1. The van der Waals surface area contributed by atoms with Crippen LogP contribution in [0.15, 0.2) is 24.3 Å². The van der Waals surface area contributed by atoms with Crippen LogP contribution in [0.5, 0.6) is 11.5 Å². The molecule has 5 nitrogen and oxygen atoms in total. The number of alkyl carbamates (subject to hydrolysis) is 1. The molecule has 1 aliphatic heterocycles. The van der Waals surface area contributed by atoms with Crippen LogP contribution in [0.2, 0.25) is 0 Å². The van der Waals surface area contributed by atoms with Crippen molar-refractivity contribution >= 4 is 6.09 Å². The first-order valence-corrected chi connectivity index (χ1v) is 4.99. The summed E-state index contributed by atoms with van der Waals surface area (Å²) in [6.45, 7) is 0.847. The molecule has 0 radical (unpaired) electrons. The fraction of sp³-hybridized carbons (Fsp3) is 0.364. The molecule has 0 bridgehead atoms. The number of amides is 1. The van der Waals surface area contributed by atoms with Gasteiger partial charge in [0.2, 0.25) is 0 Å². The van der Waals surface area contributed by atoms with Crippen LogP contribution < -0.4 is 14.8 Å². The Morgan fingerprint density at radius 1 is 1.38 bits per heavy atom. The van der Waals surface area contributed by atoms with Crippen molar-refractivity contribution in [3.05, 3.63) is 24.3 Å². The van der Waals surface area contributed by atoms with Gasteiger partial charge in [-0.1, -0.05) is 0 Å². The largest absolute Gasteiger partial charge is 0.497 e. The zero-order valence-corrected chi connectivity index (χ0v) is 8.93. The third-order valence-electron chi connectivity index (χ3n) is 2.24. The molecular formula is C11H13NO4. The highest BCUT2D eigenvalue weighted by Gasteiger charge is 2.22. The molecule has 1 aromatic carbocycles. The van der Waals surface area contributed by atoms with Crippen LogP contribution in [0.25, 0.3) is 0 Å². The highest BCUT2D eigenvalue weighted by atomic mass is 16.6. The maximum atomic E-state index is 10.7. The maximum Gasteiger partial charge on any atom is 0.407 e. The first kappa shape index (κ1) is 10.6. The summed E-state index contributed by atoms with van der Waals surface area (Å²) in [4.78, 5) is 10.7. The van der Waals surface area contributed by atoms with Gasteiger partial charge in [0.15, 0.2) is 6.10 Å².